The van der Waals surface area contributed by atoms with Crippen molar-refractivity contribution in [1.82, 2.24) is 0 Å². The fourth-order valence-electron chi connectivity index (χ4n) is 2.36. The summed E-state index contributed by atoms with van der Waals surface area (Å²) in [6.07, 6.45) is 0.235. The van der Waals surface area contributed by atoms with Gasteiger partial charge in [0.2, 0.25) is 0 Å². The molecule has 2 N–H and O–H groups in total. The predicted molar refractivity (Wildman–Crippen MR) is 74.9 cm³/mol. The van der Waals surface area contributed by atoms with Crippen LogP contribution >= 0.6 is 0 Å². The van der Waals surface area contributed by atoms with E-state index < -0.39 is 26.5 Å². The maximum absolute atomic E-state index is 12.5. The summed E-state index contributed by atoms with van der Waals surface area (Å²) < 4.78 is 30.0. The lowest BCUT2D eigenvalue weighted by atomic mass is 10.1. The van der Waals surface area contributed by atoms with Crippen LogP contribution in [0.5, 0.6) is 0 Å². The van der Waals surface area contributed by atoms with Gasteiger partial charge in [-0.1, -0.05) is 17.7 Å². The zero-order valence-corrected chi connectivity index (χ0v) is 12.4. The number of aryl methyl sites for hydroxylation is 1. The highest BCUT2D eigenvalue weighted by Gasteiger charge is 2.66. The van der Waals surface area contributed by atoms with Crippen molar-refractivity contribution in [2.45, 2.75) is 30.4 Å². The molecule has 0 aromatic heterocycles. The SMILES string of the molecule is CCOC(=O)[C@@]1(CN)C[C@@H]1S(=O)(=O)c1ccc(C)cc1. The molecule has 0 saturated heterocycles. The fraction of sp³-hybridized carbons (Fsp3) is 0.500. The molecule has 1 aliphatic rings. The second kappa shape index (κ2) is 5.18. The number of hydrogen-bond acceptors (Lipinski definition) is 5. The van der Waals surface area contributed by atoms with Gasteiger partial charge in [-0.05, 0) is 32.4 Å². The van der Waals surface area contributed by atoms with Gasteiger partial charge in [0, 0.05) is 6.54 Å². The monoisotopic (exact) mass is 297 g/mol. The molecule has 1 aromatic rings. The Kier molecular flexibility index (Phi) is 3.88. The van der Waals surface area contributed by atoms with Crippen LogP contribution in [0, 0.1) is 12.3 Å². The van der Waals surface area contributed by atoms with E-state index in [4.69, 9.17) is 10.5 Å². The number of ether oxygens (including phenoxy) is 1. The Balaban J connectivity index is 2.29. The molecule has 2 atom stereocenters. The molecule has 2 rings (SSSR count). The summed E-state index contributed by atoms with van der Waals surface area (Å²) in [7, 11) is -3.55. The van der Waals surface area contributed by atoms with E-state index in [9.17, 15) is 13.2 Å². The second-order valence-corrected chi connectivity index (χ2v) is 7.26. The van der Waals surface area contributed by atoms with E-state index in [-0.39, 0.29) is 24.5 Å². The highest BCUT2D eigenvalue weighted by atomic mass is 32.2. The molecule has 0 heterocycles. The van der Waals surface area contributed by atoms with E-state index in [1.54, 1.807) is 31.2 Å². The van der Waals surface area contributed by atoms with Crippen molar-refractivity contribution in [1.29, 1.82) is 0 Å². The molecular weight excluding hydrogens is 278 g/mol. The van der Waals surface area contributed by atoms with Gasteiger partial charge in [-0.2, -0.15) is 0 Å². The van der Waals surface area contributed by atoms with E-state index >= 15 is 0 Å². The molecule has 6 heteroatoms. The smallest absolute Gasteiger partial charge is 0.314 e. The van der Waals surface area contributed by atoms with Crippen LogP contribution in [0.3, 0.4) is 0 Å². The summed E-state index contributed by atoms with van der Waals surface area (Å²) >= 11 is 0. The lowest BCUT2D eigenvalue weighted by molar-refractivity contribution is -0.149. The van der Waals surface area contributed by atoms with Crippen LogP contribution in [0.15, 0.2) is 29.2 Å². The molecule has 5 nitrogen and oxygen atoms in total. The van der Waals surface area contributed by atoms with Crippen molar-refractivity contribution >= 4 is 15.8 Å². The van der Waals surface area contributed by atoms with Crippen LogP contribution in [0.1, 0.15) is 18.9 Å². The summed E-state index contributed by atoms with van der Waals surface area (Å²) in [6, 6.07) is 6.61. The van der Waals surface area contributed by atoms with Gasteiger partial charge in [0.05, 0.1) is 22.2 Å². The van der Waals surface area contributed by atoms with Gasteiger partial charge in [0.1, 0.15) is 0 Å². The molecule has 1 aliphatic carbocycles. The number of esters is 1. The average Bonchev–Trinajstić information content (AvgIpc) is 3.16. The Hall–Kier alpha value is -1.40. The van der Waals surface area contributed by atoms with Gasteiger partial charge >= 0.3 is 5.97 Å². The number of nitrogens with two attached hydrogens (primary N) is 1. The van der Waals surface area contributed by atoms with Crippen molar-refractivity contribution in [2.24, 2.45) is 11.1 Å². The highest BCUT2D eigenvalue weighted by Crippen LogP contribution is 2.52. The van der Waals surface area contributed by atoms with Gasteiger partial charge in [0.25, 0.3) is 0 Å². The topological polar surface area (TPSA) is 86.5 Å². The maximum Gasteiger partial charge on any atom is 0.314 e. The Morgan fingerprint density at radius 2 is 2.00 bits per heavy atom. The standard InChI is InChI=1S/C14H19NO4S/c1-3-19-13(16)14(9-15)8-12(14)20(17,18)11-6-4-10(2)5-7-11/h4-7,12H,3,8-9,15H2,1-2H3/t12-,14+/m0/s1. The van der Waals surface area contributed by atoms with Gasteiger partial charge in [-0.15, -0.1) is 0 Å². The van der Waals surface area contributed by atoms with Gasteiger partial charge in [-0.3, -0.25) is 4.79 Å². The van der Waals surface area contributed by atoms with Crippen molar-refractivity contribution in [3.8, 4) is 0 Å². The van der Waals surface area contributed by atoms with Gasteiger partial charge in [-0.25, -0.2) is 8.42 Å². The third-order valence-electron chi connectivity index (χ3n) is 3.78. The number of hydrogen-bond donors (Lipinski definition) is 1. The Morgan fingerprint density at radius 1 is 1.40 bits per heavy atom. The number of carbonyl (C=O) groups is 1. The molecule has 110 valence electrons. The van der Waals surface area contributed by atoms with E-state index in [2.05, 4.69) is 0 Å². The molecule has 0 spiro atoms. The first-order valence-electron chi connectivity index (χ1n) is 6.56. The van der Waals surface area contributed by atoms with Crippen LogP contribution in [0.2, 0.25) is 0 Å². The zero-order chi connectivity index (χ0) is 15.0. The fourth-order valence-corrected chi connectivity index (χ4v) is 4.51. The van der Waals surface area contributed by atoms with E-state index in [0.717, 1.165) is 5.56 Å². The molecule has 1 aromatic carbocycles. The van der Waals surface area contributed by atoms with Crippen molar-refractivity contribution < 1.29 is 17.9 Å². The van der Waals surface area contributed by atoms with Crippen molar-refractivity contribution in [3.63, 3.8) is 0 Å². The zero-order valence-electron chi connectivity index (χ0n) is 11.6. The minimum absolute atomic E-state index is 0.0123. The molecular formula is C14H19NO4S. The Labute approximate surface area is 119 Å². The predicted octanol–water partition coefficient (Wildman–Crippen LogP) is 1.05. The first-order chi connectivity index (χ1) is 9.38. The lowest BCUT2D eigenvalue weighted by Crippen LogP contribution is -2.33. The van der Waals surface area contributed by atoms with Gasteiger partial charge < -0.3 is 10.5 Å². The summed E-state index contributed by atoms with van der Waals surface area (Å²) in [5, 5.41) is -0.776. The quantitative estimate of drug-likeness (QED) is 0.821. The minimum atomic E-state index is -3.55. The van der Waals surface area contributed by atoms with Crippen molar-refractivity contribution in [2.75, 3.05) is 13.2 Å². The van der Waals surface area contributed by atoms with Crippen LogP contribution in [-0.4, -0.2) is 32.8 Å². The largest absolute Gasteiger partial charge is 0.465 e. The molecule has 0 unspecified atom stereocenters. The summed E-state index contributed by atoms with van der Waals surface area (Å²) in [5.74, 6) is -0.511. The normalized spacial score (nSPS) is 25.2. The minimum Gasteiger partial charge on any atom is -0.465 e. The number of carbonyl (C=O) groups excluding carboxylic acids is 1. The summed E-state index contributed by atoms with van der Waals surface area (Å²) in [6.45, 7) is 3.78. The molecule has 1 saturated carbocycles. The Morgan fingerprint density at radius 3 is 2.50 bits per heavy atom. The molecule has 0 aliphatic heterocycles. The summed E-state index contributed by atoms with van der Waals surface area (Å²) in [5.41, 5.74) is 5.54. The molecule has 0 bridgehead atoms. The van der Waals surface area contributed by atoms with Gasteiger partial charge in [0.15, 0.2) is 9.84 Å². The third kappa shape index (κ3) is 2.33. The molecule has 0 amide bonds. The van der Waals surface area contributed by atoms with Crippen molar-refractivity contribution in [3.05, 3.63) is 29.8 Å². The van der Waals surface area contributed by atoms with Crippen LogP contribution in [-0.2, 0) is 19.4 Å². The summed E-state index contributed by atoms with van der Waals surface area (Å²) in [4.78, 5) is 12.2. The first kappa shape index (κ1) is 15.0. The number of sulfone groups is 1. The maximum atomic E-state index is 12.5. The first-order valence-corrected chi connectivity index (χ1v) is 8.11. The van der Waals surface area contributed by atoms with E-state index in [0.29, 0.717) is 0 Å². The van der Waals surface area contributed by atoms with Crippen LogP contribution in [0.4, 0.5) is 0 Å². The second-order valence-electron chi connectivity index (χ2n) is 5.13. The lowest BCUT2D eigenvalue weighted by Gasteiger charge is -2.13. The highest BCUT2D eigenvalue weighted by molar-refractivity contribution is 7.92. The molecule has 0 radical (unpaired) electrons. The average molecular weight is 297 g/mol. The molecule has 20 heavy (non-hydrogen) atoms. The Bertz CT molecular complexity index is 609. The van der Waals surface area contributed by atoms with E-state index in [1.807, 2.05) is 6.92 Å². The number of rotatable bonds is 5. The number of benzene rings is 1. The van der Waals surface area contributed by atoms with E-state index in [1.165, 1.54) is 0 Å². The molecule has 1 fully saturated rings. The third-order valence-corrected chi connectivity index (χ3v) is 6.07. The van der Waals surface area contributed by atoms with Crippen LogP contribution in [0.25, 0.3) is 0 Å². The van der Waals surface area contributed by atoms with Crippen LogP contribution < -0.4 is 5.73 Å².